The Bertz CT molecular complexity index is 701. The van der Waals surface area contributed by atoms with Crippen LogP contribution in [0.3, 0.4) is 0 Å². The molecule has 0 bridgehead atoms. The van der Waals surface area contributed by atoms with Crippen molar-refractivity contribution in [2.45, 2.75) is 13.5 Å². The molecule has 0 spiro atoms. The van der Waals surface area contributed by atoms with Crippen molar-refractivity contribution in [3.05, 3.63) is 77.4 Å². The number of carbonyl (C=O) groups is 1. The van der Waals surface area contributed by atoms with Gasteiger partial charge in [-0.3, -0.25) is 9.69 Å². The van der Waals surface area contributed by atoms with Crippen LogP contribution in [0, 0.1) is 6.92 Å². The summed E-state index contributed by atoms with van der Waals surface area (Å²) in [6.07, 6.45) is 3.60. The first-order valence-electron chi connectivity index (χ1n) is 8.51. The second kappa shape index (κ2) is 7.93. The van der Waals surface area contributed by atoms with E-state index in [9.17, 15) is 4.79 Å². The zero-order chi connectivity index (χ0) is 16.8. The van der Waals surface area contributed by atoms with Gasteiger partial charge in [0.15, 0.2) is 0 Å². The van der Waals surface area contributed by atoms with Gasteiger partial charge in [0, 0.05) is 38.8 Å². The molecule has 2 aromatic carbocycles. The molecule has 1 heterocycles. The molecule has 0 saturated carbocycles. The zero-order valence-corrected chi connectivity index (χ0v) is 14.2. The van der Waals surface area contributed by atoms with Gasteiger partial charge in [-0.1, -0.05) is 60.2 Å². The van der Waals surface area contributed by atoms with Gasteiger partial charge in [-0.05, 0) is 24.1 Å². The number of hydrogen-bond acceptors (Lipinski definition) is 2. The lowest BCUT2D eigenvalue weighted by atomic mass is 10.1. The molecule has 3 heteroatoms. The third kappa shape index (κ3) is 4.56. The van der Waals surface area contributed by atoms with Gasteiger partial charge in [0.1, 0.15) is 0 Å². The van der Waals surface area contributed by atoms with Crippen molar-refractivity contribution >= 4 is 12.0 Å². The highest BCUT2D eigenvalue weighted by Crippen LogP contribution is 2.10. The van der Waals surface area contributed by atoms with E-state index in [1.54, 1.807) is 6.08 Å². The molecule has 0 unspecified atom stereocenters. The van der Waals surface area contributed by atoms with E-state index in [-0.39, 0.29) is 5.91 Å². The van der Waals surface area contributed by atoms with Crippen LogP contribution < -0.4 is 0 Å². The molecule has 0 N–H and O–H groups in total. The van der Waals surface area contributed by atoms with Gasteiger partial charge in [0.2, 0.25) is 5.91 Å². The van der Waals surface area contributed by atoms with E-state index >= 15 is 0 Å². The van der Waals surface area contributed by atoms with Crippen LogP contribution in [0.15, 0.2) is 60.7 Å². The summed E-state index contributed by atoms with van der Waals surface area (Å²) in [6.45, 7) is 6.47. The standard InChI is InChI=1S/C21H24N2O/c1-18-6-5-9-19(16-18)10-11-21(24)23-14-12-22(13-15-23)17-20-7-3-2-4-8-20/h2-11,16H,12-15,17H2,1H3/b11-10+. The van der Waals surface area contributed by atoms with Crippen LogP contribution in [-0.2, 0) is 11.3 Å². The number of carbonyl (C=O) groups excluding carboxylic acids is 1. The van der Waals surface area contributed by atoms with Gasteiger partial charge in [0.05, 0.1) is 0 Å². The highest BCUT2D eigenvalue weighted by Gasteiger charge is 2.19. The van der Waals surface area contributed by atoms with Crippen molar-refractivity contribution in [1.29, 1.82) is 0 Å². The first-order valence-corrected chi connectivity index (χ1v) is 8.51. The van der Waals surface area contributed by atoms with Crippen molar-refractivity contribution in [2.24, 2.45) is 0 Å². The normalized spacial score (nSPS) is 15.8. The quantitative estimate of drug-likeness (QED) is 0.807. The second-order valence-electron chi connectivity index (χ2n) is 6.33. The van der Waals surface area contributed by atoms with Crippen molar-refractivity contribution in [2.75, 3.05) is 26.2 Å². The van der Waals surface area contributed by atoms with Gasteiger partial charge in [-0.25, -0.2) is 0 Å². The van der Waals surface area contributed by atoms with Crippen LogP contribution in [0.1, 0.15) is 16.7 Å². The lowest BCUT2D eigenvalue weighted by molar-refractivity contribution is -0.127. The van der Waals surface area contributed by atoms with Crippen molar-refractivity contribution in [3.63, 3.8) is 0 Å². The Balaban J connectivity index is 1.50. The summed E-state index contributed by atoms with van der Waals surface area (Å²) in [4.78, 5) is 16.7. The molecule has 1 saturated heterocycles. The summed E-state index contributed by atoms with van der Waals surface area (Å²) >= 11 is 0. The smallest absolute Gasteiger partial charge is 0.246 e. The van der Waals surface area contributed by atoms with Crippen LogP contribution in [0.5, 0.6) is 0 Å². The van der Waals surface area contributed by atoms with E-state index in [1.807, 2.05) is 29.2 Å². The number of aryl methyl sites for hydroxylation is 1. The van der Waals surface area contributed by atoms with E-state index in [0.717, 1.165) is 38.3 Å². The van der Waals surface area contributed by atoms with Crippen LogP contribution in [0.4, 0.5) is 0 Å². The van der Waals surface area contributed by atoms with Gasteiger partial charge < -0.3 is 4.90 Å². The maximum absolute atomic E-state index is 12.3. The first kappa shape index (κ1) is 16.5. The summed E-state index contributed by atoms with van der Waals surface area (Å²) in [5, 5.41) is 0. The molecule has 1 amide bonds. The summed E-state index contributed by atoms with van der Waals surface area (Å²) in [7, 11) is 0. The Kier molecular flexibility index (Phi) is 5.44. The highest BCUT2D eigenvalue weighted by atomic mass is 16.2. The third-order valence-corrected chi connectivity index (χ3v) is 4.39. The van der Waals surface area contributed by atoms with Crippen LogP contribution in [0.25, 0.3) is 6.08 Å². The average Bonchev–Trinajstić information content (AvgIpc) is 2.61. The molecule has 2 aromatic rings. The monoisotopic (exact) mass is 320 g/mol. The Labute approximate surface area is 144 Å². The topological polar surface area (TPSA) is 23.6 Å². The summed E-state index contributed by atoms with van der Waals surface area (Å²) in [6, 6.07) is 18.7. The molecule has 1 aliphatic heterocycles. The Morgan fingerprint density at radius 2 is 1.75 bits per heavy atom. The largest absolute Gasteiger partial charge is 0.337 e. The Hall–Kier alpha value is -2.39. The maximum Gasteiger partial charge on any atom is 0.246 e. The molecule has 0 aliphatic carbocycles. The zero-order valence-electron chi connectivity index (χ0n) is 14.2. The van der Waals surface area contributed by atoms with E-state index < -0.39 is 0 Å². The molecular formula is C21H24N2O. The summed E-state index contributed by atoms with van der Waals surface area (Å²) in [5.41, 5.74) is 3.61. The number of piperazine rings is 1. The number of hydrogen-bond donors (Lipinski definition) is 0. The van der Waals surface area contributed by atoms with Crippen LogP contribution in [0.2, 0.25) is 0 Å². The number of nitrogens with zero attached hydrogens (tertiary/aromatic N) is 2. The summed E-state index contributed by atoms with van der Waals surface area (Å²) in [5.74, 6) is 0.107. The van der Waals surface area contributed by atoms with E-state index in [2.05, 4.69) is 48.2 Å². The highest BCUT2D eigenvalue weighted by molar-refractivity contribution is 5.91. The lowest BCUT2D eigenvalue weighted by Crippen LogP contribution is -2.47. The van der Waals surface area contributed by atoms with Crippen LogP contribution in [-0.4, -0.2) is 41.9 Å². The molecular weight excluding hydrogens is 296 g/mol. The van der Waals surface area contributed by atoms with E-state index in [1.165, 1.54) is 11.1 Å². The average molecular weight is 320 g/mol. The summed E-state index contributed by atoms with van der Waals surface area (Å²) < 4.78 is 0. The maximum atomic E-state index is 12.3. The predicted molar refractivity (Wildman–Crippen MR) is 98.5 cm³/mol. The number of benzene rings is 2. The Morgan fingerprint density at radius 3 is 2.46 bits per heavy atom. The third-order valence-electron chi connectivity index (χ3n) is 4.39. The minimum atomic E-state index is 0.107. The van der Waals surface area contributed by atoms with Gasteiger partial charge in [-0.2, -0.15) is 0 Å². The fourth-order valence-electron chi connectivity index (χ4n) is 3.01. The molecule has 3 nitrogen and oxygen atoms in total. The van der Waals surface area contributed by atoms with Crippen LogP contribution >= 0.6 is 0 Å². The molecule has 24 heavy (non-hydrogen) atoms. The van der Waals surface area contributed by atoms with E-state index in [4.69, 9.17) is 0 Å². The molecule has 124 valence electrons. The first-order chi connectivity index (χ1) is 11.7. The van der Waals surface area contributed by atoms with Crippen molar-refractivity contribution in [3.8, 4) is 0 Å². The molecule has 3 rings (SSSR count). The molecule has 1 aliphatic rings. The second-order valence-corrected chi connectivity index (χ2v) is 6.33. The number of rotatable bonds is 4. The fraction of sp³-hybridized carbons (Fsp3) is 0.286. The minimum Gasteiger partial charge on any atom is -0.337 e. The fourth-order valence-corrected chi connectivity index (χ4v) is 3.01. The van der Waals surface area contributed by atoms with E-state index in [0.29, 0.717) is 0 Å². The molecule has 0 aromatic heterocycles. The van der Waals surface area contributed by atoms with Crippen molar-refractivity contribution in [1.82, 2.24) is 9.80 Å². The minimum absolute atomic E-state index is 0.107. The number of amides is 1. The van der Waals surface area contributed by atoms with Gasteiger partial charge in [0.25, 0.3) is 0 Å². The van der Waals surface area contributed by atoms with Gasteiger partial charge >= 0.3 is 0 Å². The SMILES string of the molecule is Cc1cccc(/C=C/C(=O)N2CCN(Cc3ccccc3)CC2)c1. The predicted octanol–water partition coefficient (Wildman–Crippen LogP) is 3.35. The molecule has 0 radical (unpaired) electrons. The van der Waals surface area contributed by atoms with Crippen molar-refractivity contribution < 1.29 is 4.79 Å². The molecule has 0 atom stereocenters. The molecule has 1 fully saturated rings. The van der Waals surface area contributed by atoms with Gasteiger partial charge in [-0.15, -0.1) is 0 Å². The lowest BCUT2D eigenvalue weighted by Gasteiger charge is -2.34. The Morgan fingerprint density at radius 1 is 1.00 bits per heavy atom.